The minimum absolute atomic E-state index is 0.261. The molecule has 0 fully saturated rings. The summed E-state index contributed by atoms with van der Waals surface area (Å²) in [6.45, 7) is 5.02. The zero-order valence-electron chi connectivity index (χ0n) is 11.8. The van der Waals surface area contributed by atoms with Crippen LogP contribution in [0.4, 0.5) is 0 Å². The SMILES string of the molecule is CC(C)c1ccc(SC(CN)c2ccc(Cl)cc2)cc1. The number of benzene rings is 2. The highest BCUT2D eigenvalue weighted by Gasteiger charge is 2.11. The second-order valence-corrected chi connectivity index (χ2v) is 6.83. The van der Waals surface area contributed by atoms with Crippen molar-refractivity contribution in [2.75, 3.05) is 6.54 Å². The van der Waals surface area contributed by atoms with Crippen molar-refractivity contribution >= 4 is 23.4 Å². The Kier molecular flexibility index (Phi) is 5.53. The Morgan fingerprint density at radius 3 is 2.00 bits per heavy atom. The lowest BCUT2D eigenvalue weighted by Gasteiger charge is -2.15. The van der Waals surface area contributed by atoms with Crippen LogP contribution in [0.5, 0.6) is 0 Å². The van der Waals surface area contributed by atoms with Crippen molar-refractivity contribution in [2.45, 2.75) is 29.9 Å². The molecule has 2 aromatic carbocycles. The van der Waals surface area contributed by atoms with E-state index in [4.69, 9.17) is 17.3 Å². The standard InChI is InChI=1S/C17H20ClNS/c1-12(2)13-5-9-16(10-6-13)20-17(11-19)14-3-7-15(18)8-4-14/h3-10,12,17H,11,19H2,1-2H3. The summed E-state index contributed by atoms with van der Waals surface area (Å²) in [7, 11) is 0. The van der Waals surface area contributed by atoms with E-state index >= 15 is 0 Å². The molecule has 3 heteroatoms. The lowest BCUT2D eigenvalue weighted by Crippen LogP contribution is -2.09. The Labute approximate surface area is 130 Å². The lowest BCUT2D eigenvalue weighted by atomic mass is 10.0. The van der Waals surface area contributed by atoms with E-state index in [1.807, 2.05) is 12.1 Å². The Hall–Kier alpha value is -0.960. The number of halogens is 1. The van der Waals surface area contributed by atoms with Gasteiger partial charge in [0.2, 0.25) is 0 Å². The van der Waals surface area contributed by atoms with Gasteiger partial charge in [0.05, 0.1) is 0 Å². The molecule has 1 nitrogen and oxygen atoms in total. The summed E-state index contributed by atoms with van der Waals surface area (Å²) in [4.78, 5) is 1.25. The number of hydrogen-bond acceptors (Lipinski definition) is 2. The summed E-state index contributed by atoms with van der Waals surface area (Å²) in [6, 6.07) is 16.7. The van der Waals surface area contributed by atoms with Crippen LogP contribution < -0.4 is 5.73 Å². The molecule has 0 bridgehead atoms. The Morgan fingerprint density at radius 1 is 0.950 bits per heavy atom. The van der Waals surface area contributed by atoms with Crippen molar-refractivity contribution in [1.29, 1.82) is 0 Å². The van der Waals surface area contributed by atoms with Gasteiger partial charge in [-0.2, -0.15) is 0 Å². The topological polar surface area (TPSA) is 26.0 Å². The fraction of sp³-hybridized carbons (Fsp3) is 0.294. The molecule has 0 heterocycles. The van der Waals surface area contributed by atoms with Crippen LogP contribution in [0.15, 0.2) is 53.4 Å². The van der Waals surface area contributed by atoms with E-state index in [1.165, 1.54) is 16.0 Å². The van der Waals surface area contributed by atoms with Crippen LogP contribution in [-0.2, 0) is 0 Å². The van der Waals surface area contributed by atoms with Crippen molar-refractivity contribution in [3.8, 4) is 0 Å². The molecule has 106 valence electrons. The number of nitrogens with two attached hydrogens (primary N) is 1. The molecule has 0 aliphatic heterocycles. The van der Waals surface area contributed by atoms with Crippen LogP contribution in [0.2, 0.25) is 5.02 Å². The van der Waals surface area contributed by atoms with Gasteiger partial charge in [0.25, 0.3) is 0 Å². The second-order valence-electron chi connectivity index (χ2n) is 5.12. The fourth-order valence-corrected chi connectivity index (χ4v) is 3.16. The van der Waals surface area contributed by atoms with Crippen molar-refractivity contribution < 1.29 is 0 Å². The third-order valence-corrected chi connectivity index (χ3v) is 4.83. The normalized spacial score (nSPS) is 12.7. The van der Waals surface area contributed by atoms with Crippen molar-refractivity contribution in [3.63, 3.8) is 0 Å². The smallest absolute Gasteiger partial charge is 0.0466 e. The van der Waals surface area contributed by atoms with E-state index in [9.17, 15) is 0 Å². The van der Waals surface area contributed by atoms with Gasteiger partial charge in [0, 0.05) is 21.7 Å². The minimum atomic E-state index is 0.261. The molecule has 0 saturated carbocycles. The van der Waals surface area contributed by atoms with Crippen molar-refractivity contribution in [2.24, 2.45) is 5.73 Å². The number of hydrogen-bond donors (Lipinski definition) is 1. The van der Waals surface area contributed by atoms with Crippen LogP contribution in [0.3, 0.4) is 0 Å². The predicted molar refractivity (Wildman–Crippen MR) is 89.6 cm³/mol. The summed E-state index contributed by atoms with van der Waals surface area (Å²) in [6.07, 6.45) is 0. The quantitative estimate of drug-likeness (QED) is 0.763. The molecule has 0 aromatic heterocycles. The van der Waals surface area contributed by atoms with E-state index in [1.54, 1.807) is 11.8 Å². The molecule has 0 spiro atoms. The van der Waals surface area contributed by atoms with Crippen LogP contribution >= 0.6 is 23.4 Å². The van der Waals surface area contributed by atoms with Gasteiger partial charge in [0.15, 0.2) is 0 Å². The first-order valence-corrected chi connectivity index (χ1v) is 8.08. The van der Waals surface area contributed by atoms with Crippen LogP contribution in [0, 0.1) is 0 Å². The average molecular weight is 306 g/mol. The number of thioether (sulfide) groups is 1. The number of rotatable bonds is 5. The highest BCUT2D eigenvalue weighted by molar-refractivity contribution is 7.99. The highest BCUT2D eigenvalue weighted by Crippen LogP contribution is 2.35. The first kappa shape index (κ1) is 15.4. The van der Waals surface area contributed by atoms with Gasteiger partial charge in [0.1, 0.15) is 0 Å². The van der Waals surface area contributed by atoms with Gasteiger partial charge >= 0.3 is 0 Å². The first-order chi connectivity index (χ1) is 9.60. The molecule has 0 aliphatic rings. The zero-order chi connectivity index (χ0) is 14.5. The van der Waals surface area contributed by atoms with Gasteiger partial charge in [-0.1, -0.05) is 49.7 Å². The third-order valence-electron chi connectivity index (χ3n) is 3.28. The molecule has 0 radical (unpaired) electrons. The molecule has 2 rings (SSSR count). The molecular formula is C17H20ClNS. The molecular weight excluding hydrogens is 286 g/mol. The van der Waals surface area contributed by atoms with E-state index < -0.39 is 0 Å². The monoisotopic (exact) mass is 305 g/mol. The lowest BCUT2D eigenvalue weighted by molar-refractivity contribution is 0.864. The maximum Gasteiger partial charge on any atom is 0.0466 e. The van der Waals surface area contributed by atoms with Crippen molar-refractivity contribution in [1.82, 2.24) is 0 Å². The van der Waals surface area contributed by atoms with E-state index in [0.29, 0.717) is 12.5 Å². The average Bonchev–Trinajstić information content (AvgIpc) is 2.46. The van der Waals surface area contributed by atoms with E-state index in [2.05, 4.69) is 50.2 Å². The second kappa shape index (κ2) is 7.16. The molecule has 20 heavy (non-hydrogen) atoms. The molecule has 1 unspecified atom stereocenters. The van der Waals surface area contributed by atoms with Gasteiger partial charge in [-0.05, 0) is 41.3 Å². The maximum absolute atomic E-state index is 5.93. The first-order valence-electron chi connectivity index (χ1n) is 6.82. The summed E-state index contributed by atoms with van der Waals surface area (Å²) < 4.78 is 0. The highest BCUT2D eigenvalue weighted by atomic mass is 35.5. The van der Waals surface area contributed by atoms with Gasteiger partial charge in [-0.25, -0.2) is 0 Å². The summed E-state index contributed by atoms with van der Waals surface area (Å²) in [5, 5.41) is 1.02. The van der Waals surface area contributed by atoms with Crippen molar-refractivity contribution in [3.05, 3.63) is 64.7 Å². The van der Waals surface area contributed by atoms with E-state index in [-0.39, 0.29) is 5.25 Å². The molecule has 0 aliphatic carbocycles. The minimum Gasteiger partial charge on any atom is -0.329 e. The molecule has 0 saturated heterocycles. The zero-order valence-corrected chi connectivity index (χ0v) is 13.4. The Balaban J connectivity index is 2.11. The summed E-state index contributed by atoms with van der Waals surface area (Å²) in [5.74, 6) is 0.565. The molecule has 2 aromatic rings. The Morgan fingerprint density at radius 2 is 1.50 bits per heavy atom. The van der Waals surface area contributed by atoms with Crippen LogP contribution in [0.25, 0.3) is 0 Å². The largest absolute Gasteiger partial charge is 0.329 e. The Bertz CT molecular complexity index is 534. The third kappa shape index (κ3) is 4.02. The summed E-state index contributed by atoms with van der Waals surface area (Å²) in [5.41, 5.74) is 8.50. The predicted octanol–water partition coefficient (Wildman–Crippen LogP) is 5.26. The van der Waals surface area contributed by atoms with E-state index in [0.717, 1.165) is 5.02 Å². The summed E-state index contributed by atoms with van der Waals surface area (Å²) >= 11 is 7.73. The van der Waals surface area contributed by atoms with Gasteiger partial charge < -0.3 is 5.73 Å². The van der Waals surface area contributed by atoms with Gasteiger partial charge in [-0.3, -0.25) is 0 Å². The maximum atomic E-state index is 5.93. The molecule has 0 amide bonds. The van der Waals surface area contributed by atoms with Gasteiger partial charge in [-0.15, -0.1) is 11.8 Å². The fourth-order valence-electron chi connectivity index (χ4n) is 2.03. The molecule has 1 atom stereocenters. The molecule has 2 N–H and O–H groups in total. The van der Waals surface area contributed by atoms with Crippen LogP contribution in [0.1, 0.15) is 36.1 Å². The van der Waals surface area contributed by atoms with Crippen LogP contribution in [-0.4, -0.2) is 6.54 Å².